The van der Waals surface area contributed by atoms with Crippen molar-refractivity contribution in [2.45, 2.75) is 6.92 Å². The fourth-order valence-electron chi connectivity index (χ4n) is 1.78. The van der Waals surface area contributed by atoms with Crippen LogP contribution in [-0.2, 0) is 0 Å². The van der Waals surface area contributed by atoms with Crippen molar-refractivity contribution in [1.82, 2.24) is 10.1 Å². The number of benzene rings is 1. The van der Waals surface area contributed by atoms with Crippen LogP contribution < -0.4 is 0 Å². The van der Waals surface area contributed by atoms with E-state index in [1.807, 2.05) is 30.3 Å². The molecule has 3 heteroatoms. The van der Waals surface area contributed by atoms with Gasteiger partial charge in [0.05, 0.1) is 0 Å². The van der Waals surface area contributed by atoms with Crippen LogP contribution in [-0.4, -0.2) is 10.1 Å². The summed E-state index contributed by atoms with van der Waals surface area (Å²) in [5.74, 6) is 0.735. The molecule has 0 aliphatic carbocycles. The SMILES string of the molecule is Cc1ccc(-c2cc(-c3cccnc3)on2)cc1. The topological polar surface area (TPSA) is 38.9 Å². The first-order chi connectivity index (χ1) is 8.83. The molecule has 0 spiro atoms. The lowest BCUT2D eigenvalue weighted by Gasteiger charge is -1.95. The second-order valence-electron chi connectivity index (χ2n) is 4.18. The van der Waals surface area contributed by atoms with Crippen molar-refractivity contribution in [2.75, 3.05) is 0 Å². The Morgan fingerprint density at radius 3 is 2.56 bits per heavy atom. The molecule has 0 saturated heterocycles. The van der Waals surface area contributed by atoms with E-state index in [9.17, 15) is 0 Å². The van der Waals surface area contributed by atoms with Crippen LogP contribution in [0, 0.1) is 6.92 Å². The van der Waals surface area contributed by atoms with Crippen molar-refractivity contribution in [2.24, 2.45) is 0 Å². The van der Waals surface area contributed by atoms with Crippen molar-refractivity contribution >= 4 is 0 Å². The molecule has 0 amide bonds. The van der Waals surface area contributed by atoms with Gasteiger partial charge in [0.2, 0.25) is 0 Å². The van der Waals surface area contributed by atoms with E-state index in [0.29, 0.717) is 0 Å². The molecule has 3 rings (SSSR count). The van der Waals surface area contributed by atoms with E-state index in [1.54, 1.807) is 12.4 Å². The van der Waals surface area contributed by atoms with Gasteiger partial charge in [-0.3, -0.25) is 4.98 Å². The molecule has 0 saturated carbocycles. The zero-order valence-electron chi connectivity index (χ0n) is 10.00. The van der Waals surface area contributed by atoms with Crippen LogP contribution in [0.25, 0.3) is 22.6 Å². The molecular formula is C15H12N2O. The predicted molar refractivity (Wildman–Crippen MR) is 69.9 cm³/mol. The summed E-state index contributed by atoms with van der Waals surface area (Å²) in [6.45, 7) is 2.06. The monoisotopic (exact) mass is 236 g/mol. The minimum atomic E-state index is 0.735. The molecule has 2 heterocycles. The molecule has 0 aliphatic rings. The molecule has 3 aromatic rings. The molecule has 3 nitrogen and oxygen atoms in total. The summed E-state index contributed by atoms with van der Waals surface area (Å²) in [5, 5.41) is 4.09. The zero-order valence-corrected chi connectivity index (χ0v) is 10.00. The Balaban J connectivity index is 1.97. The van der Waals surface area contributed by atoms with E-state index < -0.39 is 0 Å². The van der Waals surface area contributed by atoms with Crippen LogP contribution in [0.2, 0.25) is 0 Å². The molecule has 0 unspecified atom stereocenters. The fourth-order valence-corrected chi connectivity index (χ4v) is 1.78. The smallest absolute Gasteiger partial charge is 0.169 e. The first-order valence-electron chi connectivity index (χ1n) is 5.77. The number of rotatable bonds is 2. The summed E-state index contributed by atoms with van der Waals surface area (Å²) in [5.41, 5.74) is 4.06. The Kier molecular flexibility index (Phi) is 2.65. The van der Waals surface area contributed by atoms with Gasteiger partial charge in [0.1, 0.15) is 5.69 Å². The molecule has 0 atom stereocenters. The average molecular weight is 236 g/mol. The van der Waals surface area contributed by atoms with E-state index in [0.717, 1.165) is 22.6 Å². The van der Waals surface area contributed by atoms with Gasteiger partial charge in [0.25, 0.3) is 0 Å². The maximum absolute atomic E-state index is 5.35. The van der Waals surface area contributed by atoms with Crippen molar-refractivity contribution < 1.29 is 4.52 Å². The summed E-state index contributed by atoms with van der Waals surface area (Å²) >= 11 is 0. The molecule has 0 N–H and O–H groups in total. The van der Waals surface area contributed by atoms with Gasteiger partial charge < -0.3 is 4.52 Å². The number of pyridine rings is 1. The predicted octanol–water partition coefficient (Wildman–Crippen LogP) is 3.71. The van der Waals surface area contributed by atoms with E-state index in [2.05, 4.69) is 29.2 Å². The molecule has 88 valence electrons. The number of nitrogens with zero attached hydrogens (tertiary/aromatic N) is 2. The van der Waals surface area contributed by atoms with E-state index in [-0.39, 0.29) is 0 Å². The number of hydrogen-bond acceptors (Lipinski definition) is 3. The molecule has 0 bridgehead atoms. The lowest BCUT2D eigenvalue weighted by Crippen LogP contribution is -1.77. The molecule has 0 aliphatic heterocycles. The number of hydrogen-bond donors (Lipinski definition) is 0. The minimum absolute atomic E-state index is 0.735. The lowest BCUT2D eigenvalue weighted by molar-refractivity contribution is 0.435. The van der Waals surface area contributed by atoms with E-state index >= 15 is 0 Å². The Morgan fingerprint density at radius 1 is 1.00 bits per heavy atom. The minimum Gasteiger partial charge on any atom is -0.356 e. The van der Waals surface area contributed by atoms with Crippen LogP contribution in [0.3, 0.4) is 0 Å². The summed E-state index contributed by atoms with van der Waals surface area (Å²) in [4.78, 5) is 4.07. The fraction of sp³-hybridized carbons (Fsp3) is 0.0667. The van der Waals surface area contributed by atoms with Gasteiger partial charge in [-0.15, -0.1) is 0 Å². The second kappa shape index (κ2) is 4.45. The Labute approximate surface area is 105 Å². The van der Waals surface area contributed by atoms with Gasteiger partial charge >= 0.3 is 0 Å². The first kappa shape index (κ1) is 10.7. The van der Waals surface area contributed by atoms with Gasteiger partial charge in [-0.1, -0.05) is 35.0 Å². The maximum atomic E-state index is 5.35. The summed E-state index contributed by atoms with van der Waals surface area (Å²) < 4.78 is 5.35. The highest BCUT2D eigenvalue weighted by Gasteiger charge is 2.08. The van der Waals surface area contributed by atoms with Crippen molar-refractivity contribution in [3.8, 4) is 22.6 Å². The molecule has 0 radical (unpaired) electrons. The highest BCUT2D eigenvalue weighted by atomic mass is 16.5. The van der Waals surface area contributed by atoms with Crippen LogP contribution >= 0.6 is 0 Å². The third-order valence-electron chi connectivity index (χ3n) is 2.80. The van der Waals surface area contributed by atoms with Gasteiger partial charge in [0.15, 0.2) is 5.76 Å². The van der Waals surface area contributed by atoms with Crippen molar-refractivity contribution in [1.29, 1.82) is 0 Å². The van der Waals surface area contributed by atoms with Crippen LogP contribution in [0.15, 0.2) is 59.4 Å². The lowest BCUT2D eigenvalue weighted by atomic mass is 10.1. The second-order valence-corrected chi connectivity index (χ2v) is 4.18. The standard InChI is InChI=1S/C15H12N2O/c1-11-4-6-12(7-5-11)14-9-15(18-17-14)13-3-2-8-16-10-13/h2-10H,1H3. The molecule has 0 fully saturated rings. The molecular weight excluding hydrogens is 224 g/mol. The highest BCUT2D eigenvalue weighted by molar-refractivity contribution is 5.66. The zero-order chi connectivity index (χ0) is 12.4. The quantitative estimate of drug-likeness (QED) is 0.680. The molecule has 18 heavy (non-hydrogen) atoms. The highest BCUT2D eigenvalue weighted by Crippen LogP contribution is 2.25. The Morgan fingerprint density at radius 2 is 1.83 bits per heavy atom. The third-order valence-corrected chi connectivity index (χ3v) is 2.80. The van der Waals surface area contributed by atoms with Crippen LogP contribution in [0.1, 0.15) is 5.56 Å². The van der Waals surface area contributed by atoms with Gasteiger partial charge in [-0.05, 0) is 19.1 Å². The summed E-state index contributed by atoms with van der Waals surface area (Å²) in [7, 11) is 0. The first-order valence-corrected chi connectivity index (χ1v) is 5.77. The van der Waals surface area contributed by atoms with Gasteiger partial charge in [-0.25, -0.2) is 0 Å². The van der Waals surface area contributed by atoms with Crippen molar-refractivity contribution in [3.63, 3.8) is 0 Å². The Bertz CT molecular complexity index is 642. The van der Waals surface area contributed by atoms with Gasteiger partial charge in [-0.2, -0.15) is 0 Å². The molecule has 2 aromatic heterocycles. The van der Waals surface area contributed by atoms with Crippen LogP contribution in [0.4, 0.5) is 0 Å². The maximum Gasteiger partial charge on any atom is 0.169 e. The average Bonchev–Trinajstić information content (AvgIpc) is 2.90. The third kappa shape index (κ3) is 2.02. The van der Waals surface area contributed by atoms with E-state index in [4.69, 9.17) is 4.52 Å². The normalized spacial score (nSPS) is 10.5. The number of aryl methyl sites for hydroxylation is 1. The van der Waals surface area contributed by atoms with E-state index in [1.165, 1.54) is 5.56 Å². The van der Waals surface area contributed by atoms with Crippen molar-refractivity contribution in [3.05, 3.63) is 60.4 Å². The van der Waals surface area contributed by atoms with Crippen LogP contribution in [0.5, 0.6) is 0 Å². The van der Waals surface area contributed by atoms with Gasteiger partial charge in [0, 0.05) is 29.6 Å². The summed E-state index contributed by atoms with van der Waals surface area (Å²) in [6, 6.07) is 14.0. The largest absolute Gasteiger partial charge is 0.356 e. The molecule has 1 aromatic carbocycles. The number of aromatic nitrogens is 2. The Hall–Kier alpha value is -2.42. The summed E-state index contributed by atoms with van der Waals surface area (Å²) in [6.07, 6.45) is 3.50.